The largest absolute Gasteiger partial charge is 0.481 e. The predicted molar refractivity (Wildman–Crippen MR) is 54.7 cm³/mol. The molecule has 3 nitrogen and oxygen atoms in total. The minimum atomic E-state index is -1.00. The monoisotopic (exact) mass is 220 g/mol. The van der Waals surface area contributed by atoms with Gasteiger partial charge in [0.1, 0.15) is 11.4 Å². The number of hydrogen-bond acceptors (Lipinski definition) is 2. The van der Waals surface area contributed by atoms with Crippen molar-refractivity contribution in [2.45, 2.75) is 18.3 Å². The van der Waals surface area contributed by atoms with E-state index >= 15 is 0 Å². The molecule has 0 bridgehead atoms. The lowest BCUT2D eigenvalue weighted by molar-refractivity contribution is -0.140. The number of halogens is 1. The molecule has 0 amide bonds. The Morgan fingerprint density at radius 3 is 2.81 bits per heavy atom. The van der Waals surface area contributed by atoms with E-state index < -0.39 is 17.2 Å². The summed E-state index contributed by atoms with van der Waals surface area (Å²) in [6.45, 7) is 0. The van der Waals surface area contributed by atoms with Crippen LogP contribution in [0.2, 0.25) is 0 Å². The summed E-state index contributed by atoms with van der Waals surface area (Å²) in [4.78, 5) is 11.1. The van der Waals surface area contributed by atoms with E-state index in [4.69, 9.17) is 9.52 Å². The molecule has 1 fully saturated rings. The lowest BCUT2D eigenvalue weighted by Gasteiger charge is -2.10. The molecule has 1 N–H and O–H groups in total. The summed E-state index contributed by atoms with van der Waals surface area (Å²) in [6, 6.07) is 4.54. The van der Waals surface area contributed by atoms with E-state index in [2.05, 4.69) is 0 Å². The van der Waals surface area contributed by atoms with E-state index in [-0.39, 0.29) is 5.56 Å². The molecule has 2 aromatic rings. The van der Waals surface area contributed by atoms with Gasteiger partial charge in [0.2, 0.25) is 0 Å². The molecule has 0 saturated heterocycles. The fourth-order valence-corrected chi connectivity index (χ4v) is 2.07. The van der Waals surface area contributed by atoms with Gasteiger partial charge in [-0.2, -0.15) is 0 Å². The van der Waals surface area contributed by atoms with Crippen LogP contribution in [-0.2, 0) is 10.2 Å². The van der Waals surface area contributed by atoms with E-state index in [0.29, 0.717) is 18.4 Å². The fraction of sp³-hybridized carbons (Fsp3) is 0.250. The zero-order valence-corrected chi connectivity index (χ0v) is 8.37. The van der Waals surface area contributed by atoms with Crippen molar-refractivity contribution >= 4 is 16.9 Å². The first-order valence-corrected chi connectivity index (χ1v) is 5.04. The van der Waals surface area contributed by atoms with E-state index in [0.717, 1.165) is 5.39 Å². The average molecular weight is 220 g/mol. The number of rotatable bonds is 2. The number of hydrogen-bond donors (Lipinski definition) is 1. The standard InChI is InChI=1S/C12H9FO3/c13-9-6-10-7(1-4-16-10)5-8(9)12(2-3-12)11(14)15/h1,4-6H,2-3H2,(H,14,15). The van der Waals surface area contributed by atoms with Gasteiger partial charge in [-0.1, -0.05) is 0 Å². The van der Waals surface area contributed by atoms with Crippen LogP contribution in [-0.4, -0.2) is 11.1 Å². The third kappa shape index (κ3) is 1.10. The lowest BCUT2D eigenvalue weighted by Crippen LogP contribution is -2.20. The van der Waals surface area contributed by atoms with E-state index in [1.54, 1.807) is 12.1 Å². The molecule has 4 heteroatoms. The summed E-state index contributed by atoms with van der Waals surface area (Å²) in [7, 11) is 0. The van der Waals surface area contributed by atoms with E-state index in [1.165, 1.54) is 12.3 Å². The third-order valence-electron chi connectivity index (χ3n) is 3.22. The zero-order valence-electron chi connectivity index (χ0n) is 8.37. The maximum atomic E-state index is 13.8. The highest BCUT2D eigenvalue weighted by molar-refractivity contribution is 5.88. The van der Waals surface area contributed by atoms with E-state index in [9.17, 15) is 9.18 Å². The summed E-state index contributed by atoms with van der Waals surface area (Å²) < 4.78 is 18.8. The van der Waals surface area contributed by atoms with Crippen LogP contribution < -0.4 is 0 Å². The Morgan fingerprint density at radius 2 is 2.19 bits per heavy atom. The van der Waals surface area contributed by atoms with Gasteiger partial charge >= 0.3 is 5.97 Å². The first-order valence-electron chi connectivity index (χ1n) is 5.04. The number of carboxylic acids is 1. The van der Waals surface area contributed by atoms with Crippen LogP contribution >= 0.6 is 0 Å². The summed E-state index contributed by atoms with van der Waals surface area (Å²) in [5.41, 5.74) is -0.286. The second kappa shape index (κ2) is 2.84. The third-order valence-corrected chi connectivity index (χ3v) is 3.22. The normalized spacial score (nSPS) is 17.6. The minimum absolute atomic E-state index is 0.272. The average Bonchev–Trinajstić information content (AvgIpc) is 2.92. The summed E-state index contributed by atoms with van der Waals surface area (Å²) in [5.74, 6) is -1.45. The Bertz CT molecular complexity index is 581. The van der Waals surface area contributed by atoms with Crippen molar-refractivity contribution in [3.05, 3.63) is 35.8 Å². The van der Waals surface area contributed by atoms with Gasteiger partial charge in [0, 0.05) is 17.0 Å². The second-order valence-electron chi connectivity index (χ2n) is 4.18. The zero-order chi connectivity index (χ0) is 11.3. The maximum Gasteiger partial charge on any atom is 0.314 e. The van der Waals surface area contributed by atoms with Gasteiger partial charge in [-0.15, -0.1) is 0 Å². The number of aliphatic carboxylic acids is 1. The first kappa shape index (κ1) is 9.39. The Labute approximate surface area is 90.5 Å². The fourth-order valence-electron chi connectivity index (χ4n) is 2.07. The number of furan rings is 1. The summed E-state index contributed by atoms with van der Waals surface area (Å²) in [6.07, 6.45) is 2.47. The molecule has 1 heterocycles. The first-order chi connectivity index (χ1) is 7.63. The molecule has 16 heavy (non-hydrogen) atoms. The van der Waals surface area contributed by atoms with Crippen LogP contribution in [0.15, 0.2) is 28.9 Å². The molecule has 1 saturated carbocycles. The van der Waals surface area contributed by atoms with Crippen molar-refractivity contribution in [2.75, 3.05) is 0 Å². The molecule has 82 valence electrons. The highest BCUT2D eigenvalue weighted by Crippen LogP contribution is 2.49. The molecule has 0 unspecified atom stereocenters. The molecule has 1 aliphatic carbocycles. The Morgan fingerprint density at radius 1 is 1.44 bits per heavy atom. The minimum Gasteiger partial charge on any atom is -0.481 e. The molecule has 1 aromatic heterocycles. The van der Waals surface area contributed by atoms with Crippen LogP contribution in [0, 0.1) is 5.82 Å². The highest BCUT2D eigenvalue weighted by atomic mass is 19.1. The number of carbonyl (C=O) groups is 1. The van der Waals surface area contributed by atoms with Gasteiger partial charge in [0.05, 0.1) is 11.7 Å². The smallest absolute Gasteiger partial charge is 0.314 e. The van der Waals surface area contributed by atoms with E-state index in [1.807, 2.05) is 0 Å². The van der Waals surface area contributed by atoms with Gasteiger partial charge in [-0.05, 0) is 25.0 Å². The van der Waals surface area contributed by atoms with Crippen LogP contribution in [0.25, 0.3) is 11.0 Å². The number of carboxylic acid groups (broad SMARTS) is 1. The number of fused-ring (bicyclic) bond motifs is 1. The molecule has 0 atom stereocenters. The van der Waals surface area contributed by atoms with Gasteiger partial charge in [-0.3, -0.25) is 4.79 Å². The molecule has 0 spiro atoms. The summed E-state index contributed by atoms with van der Waals surface area (Å²) in [5, 5.41) is 9.85. The Hall–Kier alpha value is -1.84. The van der Waals surface area contributed by atoms with Crippen LogP contribution in [0.4, 0.5) is 4.39 Å². The molecule has 1 aromatic carbocycles. The molecular weight excluding hydrogens is 211 g/mol. The van der Waals surface area contributed by atoms with Crippen molar-refractivity contribution < 1.29 is 18.7 Å². The van der Waals surface area contributed by atoms with Crippen molar-refractivity contribution in [2.24, 2.45) is 0 Å². The Kier molecular flexibility index (Phi) is 1.67. The van der Waals surface area contributed by atoms with Gasteiger partial charge in [0.15, 0.2) is 0 Å². The second-order valence-corrected chi connectivity index (χ2v) is 4.18. The SMILES string of the molecule is O=C(O)C1(c2cc3ccoc3cc2F)CC1. The Balaban J connectivity index is 2.23. The quantitative estimate of drug-likeness (QED) is 0.846. The van der Waals surface area contributed by atoms with Gasteiger partial charge in [0.25, 0.3) is 0 Å². The van der Waals surface area contributed by atoms with Gasteiger partial charge in [-0.25, -0.2) is 4.39 Å². The summed E-state index contributed by atoms with van der Waals surface area (Å²) >= 11 is 0. The topological polar surface area (TPSA) is 50.4 Å². The predicted octanol–water partition coefficient (Wildman–Crippen LogP) is 2.69. The molecule has 3 rings (SSSR count). The molecule has 0 aliphatic heterocycles. The van der Waals surface area contributed by atoms with Crippen LogP contribution in [0.3, 0.4) is 0 Å². The lowest BCUT2D eigenvalue weighted by atomic mass is 9.94. The molecule has 0 radical (unpaired) electrons. The van der Waals surface area contributed by atoms with Crippen LogP contribution in [0.1, 0.15) is 18.4 Å². The maximum absolute atomic E-state index is 13.8. The highest BCUT2D eigenvalue weighted by Gasteiger charge is 2.53. The van der Waals surface area contributed by atoms with Crippen molar-refractivity contribution in [1.29, 1.82) is 0 Å². The van der Waals surface area contributed by atoms with Gasteiger partial charge < -0.3 is 9.52 Å². The van der Waals surface area contributed by atoms with Crippen LogP contribution in [0.5, 0.6) is 0 Å². The van der Waals surface area contributed by atoms with Crippen molar-refractivity contribution in [3.8, 4) is 0 Å². The molecular formula is C12H9FO3. The number of benzene rings is 1. The van der Waals surface area contributed by atoms with Crippen molar-refractivity contribution in [1.82, 2.24) is 0 Å². The van der Waals surface area contributed by atoms with Crippen molar-refractivity contribution in [3.63, 3.8) is 0 Å². The molecule has 1 aliphatic rings.